The van der Waals surface area contributed by atoms with Gasteiger partial charge in [0.2, 0.25) is 0 Å². The number of hydrogen-bond acceptors (Lipinski definition) is 5. The molecule has 3 aromatic rings. The molecule has 0 aliphatic carbocycles. The van der Waals surface area contributed by atoms with Crippen molar-refractivity contribution in [1.82, 2.24) is 0 Å². The van der Waals surface area contributed by atoms with Crippen molar-refractivity contribution in [3.8, 4) is 28.7 Å². The summed E-state index contributed by atoms with van der Waals surface area (Å²) in [5.41, 5.74) is 1.48. The summed E-state index contributed by atoms with van der Waals surface area (Å²) in [5, 5.41) is 8.86. The van der Waals surface area contributed by atoms with Crippen molar-refractivity contribution in [2.75, 3.05) is 0 Å². The maximum Gasteiger partial charge on any atom is 0.311 e. The van der Waals surface area contributed by atoms with Gasteiger partial charge in [-0.25, -0.2) is 8.78 Å². The number of carbonyl (C=O) groups excluding carboxylic acids is 2. The molecule has 0 heterocycles. The highest BCUT2D eigenvalue weighted by atomic mass is 19.1. The van der Waals surface area contributed by atoms with E-state index in [4.69, 9.17) is 14.7 Å². The van der Waals surface area contributed by atoms with Crippen molar-refractivity contribution >= 4 is 11.9 Å². The molecule has 0 unspecified atom stereocenters. The fourth-order valence-electron chi connectivity index (χ4n) is 3.45. The Balaban J connectivity index is 1.31. The first-order chi connectivity index (χ1) is 16.9. The van der Waals surface area contributed by atoms with Gasteiger partial charge < -0.3 is 9.47 Å². The Morgan fingerprint density at radius 2 is 1.26 bits per heavy atom. The average Bonchev–Trinajstić information content (AvgIpc) is 2.85. The van der Waals surface area contributed by atoms with Gasteiger partial charge in [0.05, 0.1) is 11.6 Å². The summed E-state index contributed by atoms with van der Waals surface area (Å²) in [4.78, 5) is 23.8. The van der Waals surface area contributed by atoms with Crippen molar-refractivity contribution in [3.63, 3.8) is 0 Å². The molecule has 0 aliphatic rings. The average molecular weight is 478 g/mol. The Morgan fingerprint density at radius 1 is 0.714 bits per heavy atom. The summed E-state index contributed by atoms with van der Waals surface area (Å²) in [6.07, 6.45) is 4.24. The van der Waals surface area contributed by atoms with Crippen LogP contribution in [0.3, 0.4) is 0 Å². The quantitative estimate of drug-likeness (QED) is 0.174. The smallest absolute Gasteiger partial charge is 0.311 e. The molecule has 5 nitrogen and oxygen atoms in total. The largest absolute Gasteiger partial charge is 0.427 e. The maximum atomic E-state index is 14.5. The molecule has 0 amide bonds. The summed E-state index contributed by atoms with van der Waals surface area (Å²) < 4.78 is 37.7. The van der Waals surface area contributed by atoms with Crippen molar-refractivity contribution in [1.29, 1.82) is 5.26 Å². The minimum atomic E-state index is -0.516. The van der Waals surface area contributed by atoms with Gasteiger partial charge in [-0.15, -0.1) is 0 Å². The van der Waals surface area contributed by atoms with Crippen LogP contribution in [0.2, 0.25) is 0 Å². The number of benzene rings is 3. The van der Waals surface area contributed by atoms with Crippen LogP contribution < -0.4 is 9.47 Å². The molecule has 0 spiro atoms. The van der Waals surface area contributed by atoms with E-state index in [1.54, 1.807) is 36.4 Å². The first-order valence-corrected chi connectivity index (χ1v) is 11.4. The predicted octanol–water partition coefficient (Wildman–Crippen LogP) is 6.75. The van der Waals surface area contributed by atoms with Crippen LogP contribution in [0, 0.1) is 23.0 Å². The second kappa shape index (κ2) is 13.0. The van der Waals surface area contributed by atoms with E-state index in [1.165, 1.54) is 30.3 Å². The second-order valence-electron chi connectivity index (χ2n) is 8.00. The minimum absolute atomic E-state index is 0.143. The monoisotopic (exact) mass is 477 g/mol. The number of nitriles is 1. The van der Waals surface area contributed by atoms with Crippen molar-refractivity contribution in [3.05, 3.63) is 83.9 Å². The lowest BCUT2D eigenvalue weighted by molar-refractivity contribution is -0.135. The second-order valence-corrected chi connectivity index (χ2v) is 8.00. The molecule has 0 N–H and O–H groups in total. The molecule has 0 aliphatic heterocycles. The van der Waals surface area contributed by atoms with E-state index in [2.05, 4.69) is 0 Å². The zero-order valence-electron chi connectivity index (χ0n) is 19.1. The summed E-state index contributed by atoms with van der Waals surface area (Å²) >= 11 is 0. The Morgan fingerprint density at radius 3 is 1.83 bits per heavy atom. The highest BCUT2D eigenvalue weighted by Gasteiger charge is 2.10. The molecule has 35 heavy (non-hydrogen) atoms. The van der Waals surface area contributed by atoms with E-state index in [0.29, 0.717) is 35.3 Å². The molecule has 0 saturated heterocycles. The third-order valence-electron chi connectivity index (χ3n) is 5.30. The van der Waals surface area contributed by atoms with E-state index in [0.717, 1.165) is 19.3 Å². The highest BCUT2D eigenvalue weighted by molar-refractivity contribution is 5.73. The molecule has 0 saturated carbocycles. The molecule has 0 atom stereocenters. The van der Waals surface area contributed by atoms with E-state index >= 15 is 0 Å². The third kappa shape index (κ3) is 8.35. The van der Waals surface area contributed by atoms with Gasteiger partial charge in [0.25, 0.3) is 0 Å². The van der Waals surface area contributed by atoms with E-state index < -0.39 is 17.6 Å². The molecule has 0 radical (unpaired) electrons. The van der Waals surface area contributed by atoms with Crippen LogP contribution in [-0.4, -0.2) is 11.9 Å². The van der Waals surface area contributed by atoms with Crippen LogP contribution in [0.5, 0.6) is 11.5 Å². The third-order valence-corrected chi connectivity index (χ3v) is 5.30. The molecule has 0 bridgehead atoms. The van der Waals surface area contributed by atoms with E-state index in [1.807, 2.05) is 6.07 Å². The molecule has 0 aromatic heterocycles. The highest BCUT2D eigenvalue weighted by Crippen LogP contribution is 2.27. The van der Waals surface area contributed by atoms with Crippen molar-refractivity contribution in [2.24, 2.45) is 0 Å². The van der Waals surface area contributed by atoms with Gasteiger partial charge in [0.15, 0.2) is 0 Å². The van der Waals surface area contributed by atoms with Crippen LogP contribution in [0.1, 0.15) is 50.5 Å². The van der Waals surface area contributed by atoms with Crippen LogP contribution in [-0.2, 0) is 9.59 Å². The minimum Gasteiger partial charge on any atom is -0.427 e. The topological polar surface area (TPSA) is 76.4 Å². The molecular formula is C28H25F2NO4. The zero-order chi connectivity index (χ0) is 25.0. The standard InChI is InChI=1S/C28H25F2NO4/c29-22-12-14-23(15-13-22)34-27(32)6-4-2-1-3-5-7-28(33)35-24-16-17-25(26(30)18-24)21-10-8-20(19-31)9-11-21/h8-18H,1-7H2. The number of halogens is 2. The lowest BCUT2D eigenvalue weighted by atomic mass is 10.0. The predicted molar refractivity (Wildman–Crippen MR) is 127 cm³/mol. The first kappa shape index (κ1) is 25.6. The Labute approximate surface area is 202 Å². The lowest BCUT2D eigenvalue weighted by Crippen LogP contribution is -2.08. The van der Waals surface area contributed by atoms with Gasteiger partial charge in [0.1, 0.15) is 23.1 Å². The molecule has 3 aromatic carbocycles. The molecule has 0 fully saturated rings. The normalized spacial score (nSPS) is 10.4. The molecule has 180 valence electrons. The Hall–Kier alpha value is -4.05. The zero-order valence-corrected chi connectivity index (χ0v) is 19.1. The van der Waals surface area contributed by atoms with Crippen LogP contribution in [0.25, 0.3) is 11.1 Å². The fourth-order valence-corrected chi connectivity index (χ4v) is 3.45. The summed E-state index contributed by atoms with van der Waals surface area (Å²) in [6, 6.07) is 18.1. The van der Waals surface area contributed by atoms with E-state index in [9.17, 15) is 18.4 Å². The van der Waals surface area contributed by atoms with Gasteiger partial charge in [-0.3, -0.25) is 9.59 Å². The number of nitrogens with zero attached hydrogens (tertiary/aromatic N) is 1. The van der Waals surface area contributed by atoms with Crippen LogP contribution >= 0.6 is 0 Å². The van der Waals surface area contributed by atoms with E-state index in [-0.39, 0.29) is 24.6 Å². The number of esters is 2. The number of carbonyl (C=O) groups is 2. The van der Waals surface area contributed by atoms with Gasteiger partial charge in [0, 0.05) is 24.5 Å². The first-order valence-electron chi connectivity index (χ1n) is 11.4. The number of rotatable bonds is 11. The number of hydrogen-bond donors (Lipinski definition) is 0. The van der Waals surface area contributed by atoms with Crippen LogP contribution in [0.15, 0.2) is 66.7 Å². The fraction of sp³-hybridized carbons (Fsp3) is 0.250. The Bertz CT molecular complexity index is 1190. The van der Waals surface area contributed by atoms with Crippen molar-refractivity contribution in [2.45, 2.75) is 44.9 Å². The number of unbranched alkanes of at least 4 members (excludes halogenated alkanes) is 4. The Kier molecular flexibility index (Phi) is 9.49. The van der Waals surface area contributed by atoms with Gasteiger partial charge >= 0.3 is 11.9 Å². The maximum absolute atomic E-state index is 14.5. The SMILES string of the molecule is N#Cc1ccc(-c2ccc(OC(=O)CCCCCCCC(=O)Oc3ccc(F)cc3)cc2F)cc1. The molecule has 3 rings (SSSR count). The summed E-state index contributed by atoms with van der Waals surface area (Å²) in [5.74, 6) is -1.24. The van der Waals surface area contributed by atoms with Gasteiger partial charge in [-0.1, -0.05) is 31.4 Å². The van der Waals surface area contributed by atoms with Crippen molar-refractivity contribution < 1.29 is 27.8 Å². The van der Waals surface area contributed by atoms with Crippen LogP contribution in [0.4, 0.5) is 8.78 Å². The molecular weight excluding hydrogens is 452 g/mol. The lowest BCUT2D eigenvalue weighted by Gasteiger charge is -2.08. The summed E-state index contributed by atoms with van der Waals surface area (Å²) in [6.45, 7) is 0. The molecule has 7 heteroatoms. The summed E-state index contributed by atoms with van der Waals surface area (Å²) in [7, 11) is 0. The van der Waals surface area contributed by atoms with Gasteiger partial charge in [-0.2, -0.15) is 5.26 Å². The van der Waals surface area contributed by atoms with Gasteiger partial charge in [-0.05, 0) is 66.9 Å². The number of ether oxygens (including phenoxy) is 2.